The van der Waals surface area contributed by atoms with Crippen molar-refractivity contribution >= 4 is 40.6 Å². The number of benzene rings is 2. The number of carbonyl (C=O) groups is 2. The highest BCUT2D eigenvalue weighted by Crippen LogP contribution is 2.21. The lowest BCUT2D eigenvalue weighted by atomic mass is 10.2. The fraction of sp³-hybridized carbons (Fsp3) is 0.176. The second-order valence-electron chi connectivity index (χ2n) is 4.94. The Morgan fingerprint density at radius 2 is 1.65 bits per heavy atom. The van der Waals surface area contributed by atoms with Gasteiger partial charge >= 0.3 is 6.03 Å². The Balaban J connectivity index is 1.98. The number of hydrogen-bond donors (Lipinski definition) is 3. The Morgan fingerprint density at radius 1 is 0.957 bits per heavy atom. The maximum Gasteiger partial charge on any atom is 0.323 e. The highest BCUT2D eigenvalue weighted by Gasteiger charge is 2.06. The first kappa shape index (κ1) is 16.8. The molecule has 0 radical (unpaired) electrons. The van der Waals surface area contributed by atoms with E-state index in [1.807, 2.05) is 6.92 Å². The molecule has 6 heteroatoms. The average molecular weight is 332 g/mol. The largest absolute Gasteiger partial charge is 0.326 e. The SMILES string of the molecule is CCCC(=O)Nc1cccc(NC(=O)Nc2ccccc2Cl)c1. The van der Waals surface area contributed by atoms with Crippen molar-refractivity contribution in [2.24, 2.45) is 0 Å². The van der Waals surface area contributed by atoms with E-state index in [-0.39, 0.29) is 5.91 Å². The van der Waals surface area contributed by atoms with Crippen LogP contribution in [-0.2, 0) is 4.79 Å². The summed E-state index contributed by atoms with van der Waals surface area (Å²) in [5.74, 6) is -0.0508. The first-order valence-electron chi connectivity index (χ1n) is 7.31. The van der Waals surface area contributed by atoms with E-state index in [0.29, 0.717) is 28.5 Å². The zero-order valence-electron chi connectivity index (χ0n) is 12.7. The molecule has 0 fully saturated rings. The molecule has 2 rings (SSSR count). The van der Waals surface area contributed by atoms with Crippen LogP contribution < -0.4 is 16.0 Å². The van der Waals surface area contributed by atoms with E-state index >= 15 is 0 Å². The van der Waals surface area contributed by atoms with Gasteiger partial charge in [-0.25, -0.2) is 4.79 Å². The van der Waals surface area contributed by atoms with Crippen LogP contribution in [0.4, 0.5) is 21.9 Å². The minimum absolute atomic E-state index is 0.0508. The molecule has 2 aromatic carbocycles. The molecular weight excluding hydrogens is 314 g/mol. The maximum atomic E-state index is 12.0. The number of hydrogen-bond acceptors (Lipinski definition) is 2. The monoisotopic (exact) mass is 331 g/mol. The molecule has 120 valence electrons. The Hall–Kier alpha value is -2.53. The molecule has 23 heavy (non-hydrogen) atoms. The Morgan fingerprint density at radius 3 is 2.35 bits per heavy atom. The summed E-state index contributed by atoms with van der Waals surface area (Å²) in [6, 6.07) is 13.5. The standard InChI is InChI=1S/C17H18ClN3O2/c1-2-6-16(22)19-12-7-5-8-13(11-12)20-17(23)21-15-10-4-3-9-14(15)18/h3-5,7-11H,2,6H2,1H3,(H,19,22)(H2,20,21,23). The quantitative estimate of drug-likeness (QED) is 0.741. The summed E-state index contributed by atoms with van der Waals surface area (Å²) in [5.41, 5.74) is 1.74. The van der Waals surface area contributed by atoms with Crippen molar-refractivity contribution in [1.29, 1.82) is 0 Å². The fourth-order valence-electron chi connectivity index (χ4n) is 1.97. The molecule has 0 spiro atoms. The molecule has 0 unspecified atom stereocenters. The highest BCUT2D eigenvalue weighted by atomic mass is 35.5. The number of nitrogens with one attached hydrogen (secondary N) is 3. The van der Waals surface area contributed by atoms with Crippen molar-refractivity contribution in [2.75, 3.05) is 16.0 Å². The summed E-state index contributed by atoms with van der Waals surface area (Å²) in [7, 11) is 0. The number of anilines is 3. The van der Waals surface area contributed by atoms with E-state index in [1.54, 1.807) is 48.5 Å². The van der Waals surface area contributed by atoms with Crippen molar-refractivity contribution in [1.82, 2.24) is 0 Å². The summed E-state index contributed by atoms with van der Waals surface area (Å²) >= 11 is 5.99. The minimum Gasteiger partial charge on any atom is -0.326 e. The van der Waals surface area contributed by atoms with Crippen LogP contribution in [0.1, 0.15) is 19.8 Å². The summed E-state index contributed by atoms with van der Waals surface area (Å²) in [4.78, 5) is 23.6. The van der Waals surface area contributed by atoms with Crippen LogP contribution in [0.5, 0.6) is 0 Å². The van der Waals surface area contributed by atoms with E-state index in [9.17, 15) is 9.59 Å². The predicted octanol–water partition coefficient (Wildman–Crippen LogP) is 4.72. The van der Waals surface area contributed by atoms with E-state index in [0.717, 1.165) is 6.42 Å². The summed E-state index contributed by atoms with van der Waals surface area (Å²) in [5, 5.41) is 8.62. The van der Waals surface area contributed by atoms with Crippen LogP contribution in [0.15, 0.2) is 48.5 Å². The van der Waals surface area contributed by atoms with Crippen LogP contribution in [-0.4, -0.2) is 11.9 Å². The van der Waals surface area contributed by atoms with Gasteiger partial charge in [0.15, 0.2) is 0 Å². The molecule has 3 amide bonds. The van der Waals surface area contributed by atoms with Crippen LogP contribution in [0.3, 0.4) is 0 Å². The lowest BCUT2D eigenvalue weighted by Gasteiger charge is -2.10. The molecule has 0 aliphatic rings. The van der Waals surface area contributed by atoms with E-state index < -0.39 is 6.03 Å². The Kier molecular flexibility index (Phi) is 6.00. The number of amides is 3. The van der Waals surface area contributed by atoms with E-state index in [4.69, 9.17) is 11.6 Å². The third-order valence-corrected chi connectivity index (χ3v) is 3.33. The van der Waals surface area contributed by atoms with Crippen LogP contribution in [0.25, 0.3) is 0 Å². The van der Waals surface area contributed by atoms with Gasteiger partial charge in [-0.3, -0.25) is 4.79 Å². The van der Waals surface area contributed by atoms with Crippen LogP contribution in [0, 0.1) is 0 Å². The van der Waals surface area contributed by atoms with Gasteiger partial charge in [-0.2, -0.15) is 0 Å². The lowest BCUT2D eigenvalue weighted by molar-refractivity contribution is -0.116. The molecule has 2 aromatic rings. The van der Waals surface area contributed by atoms with Crippen molar-refractivity contribution in [3.63, 3.8) is 0 Å². The number of halogens is 1. The summed E-state index contributed by atoms with van der Waals surface area (Å²) < 4.78 is 0. The van der Waals surface area contributed by atoms with Gasteiger partial charge < -0.3 is 16.0 Å². The van der Waals surface area contributed by atoms with Crippen molar-refractivity contribution in [3.8, 4) is 0 Å². The van der Waals surface area contributed by atoms with Gasteiger partial charge in [0.2, 0.25) is 5.91 Å². The molecule has 0 aromatic heterocycles. The second kappa shape index (κ2) is 8.19. The van der Waals surface area contributed by atoms with Gasteiger partial charge in [0, 0.05) is 17.8 Å². The Bertz CT molecular complexity index is 704. The molecule has 3 N–H and O–H groups in total. The van der Waals surface area contributed by atoms with E-state index in [2.05, 4.69) is 16.0 Å². The second-order valence-corrected chi connectivity index (χ2v) is 5.35. The zero-order valence-corrected chi connectivity index (χ0v) is 13.5. The van der Waals surface area contributed by atoms with Gasteiger partial charge in [-0.05, 0) is 36.8 Å². The van der Waals surface area contributed by atoms with Crippen molar-refractivity contribution in [3.05, 3.63) is 53.6 Å². The molecule has 5 nitrogen and oxygen atoms in total. The zero-order chi connectivity index (χ0) is 16.7. The van der Waals surface area contributed by atoms with E-state index in [1.165, 1.54) is 0 Å². The van der Waals surface area contributed by atoms with Gasteiger partial charge in [0.25, 0.3) is 0 Å². The smallest absolute Gasteiger partial charge is 0.323 e. The summed E-state index contributed by atoms with van der Waals surface area (Å²) in [6.07, 6.45) is 1.24. The normalized spacial score (nSPS) is 10.0. The van der Waals surface area contributed by atoms with Gasteiger partial charge in [-0.1, -0.05) is 36.7 Å². The van der Waals surface area contributed by atoms with Gasteiger partial charge in [0.05, 0.1) is 10.7 Å². The third-order valence-electron chi connectivity index (χ3n) is 3.00. The first-order valence-corrected chi connectivity index (χ1v) is 7.68. The molecular formula is C17H18ClN3O2. The Labute approximate surface area is 140 Å². The topological polar surface area (TPSA) is 70.2 Å². The maximum absolute atomic E-state index is 12.0. The molecule has 0 saturated heterocycles. The third kappa shape index (κ3) is 5.30. The fourth-order valence-corrected chi connectivity index (χ4v) is 2.16. The molecule has 0 aliphatic heterocycles. The lowest BCUT2D eigenvalue weighted by Crippen LogP contribution is -2.19. The van der Waals surface area contributed by atoms with Crippen molar-refractivity contribution in [2.45, 2.75) is 19.8 Å². The average Bonchev–Trinajstić information content (AvgIpc) is 2.50. The number of rotatable bonds is 5. The van der Waals surface area contributed by atoms with Crippen LogP contribution >= 0.6 is 11.6 Å². The predicted molar refractivity (Wildman–Crippen MR) is 94.1 cm³/mol. The first-order chi connectivity index (χ1) is 11.1. The minimum atomic E-state index is -0.407. The van der Waals surface area contributed by atoms with Crippen molar-refractivity contribution < 1.29 is 9.59 Å². The number of para-hydroxylation sites is 1. The molecule has 0 saturated carbocycles. The molecule has 0 aliphatic carbocycles. The highest BCUT2D eigenvalue weighted by molar-refractivity contribution is 6.33. The van der Waals surface area contributed by atoms with Gasteiger partial charge in [-0.15, -0.1) is 0 Å². The molecule has 0 heterocycles. The summed E-state index contributed by atoms with van der Waals surface area (Å²) in [6.45, 7) is 1.94. The number of urea groups is 1. The molecule has 0 atom stereocenters. The van der Waals surface area contributed by atoms with Crippen LogP contribution in [0.2, 0.25) is 5.02 Å². The number of carbonyl (C=O) groups excluding carboxylic acids is 2. The van der Waals surface area contributed by atoms with Gasteiger partial charge in [0.1, 0.15) is 0 Å². The molecule has 0 bridgehead atoms.